The molecule has 112 valence electrons. The van der Waals surface area contributed by atoms with Crippen LogP contribution in [0.2, 0.25) is 0 Å². The van der Waals surface area contributed by atoms with Crippen molar-refractivity contribution in [1.29, 1.82) is 0 Å². The second-order valence-electron chi connectivity index (χ2n) is 5.43. The van der Waals surface area contributed by atoms with E-state index in [1.807, 2.05) is 13.8 Å². The molecule has 2 aromatic rings. The van der Waals surface area contributed by atoms with Gasteiger partial charge in [0.1, 0.15) is 17.5 Å². The first-order valence-electron chi connectivity index (χ1n) is 6.86. The lowest BCUT2D eigenvalue weighted by Crippen LogP contribution is -2.21. The molecule has 0 unspecified atom stereocenters. The molecular formula is C17H18F3N. The Balaban J connectivity index is 2.43. The molecule has 0 aromatic heterocycles. The number of halogens is 3. The molecule has 0 saturated carbocycles. The molecule has 2 aromatic carbocycles. The molecule has 0 aliphatic rings. The molecule has 0 heterocycles. The summed E-state index contributed by atoms with van der Waals surface area (Å²) in [6, 6.07) is 6.89. The summed E-state index contributed by atoms with van der Waals surface area (Å²) in [5.41, 5.74) is 1.05. The monoisotopic (exact) mass is 293 g/mol. The van der Waals surface area contributed by atoms with Crippen molar-refractivity contribution in [3.05, 3.63) is 58.9 Å². The number of hydrogen-bond acceptors (Lipinski definition) is 1. The van der Waals surface area contributed by atoms with Gasteiger partial charge in [0.25, 0.3) is 0 Å². The average Bonchev–Trinajstić information content (AvgIpc) is 2.42. The van der Waals surface area contributed by atoms with Gasteiger partial charge in [-0.1, -0.05) is 19.9 Å². The molecule has 0 saturated heterocycles. The summed E-state index contributed by atoms with van der Waals surface area (Å²) in [6.45, 7) is 6.02. The number of aryl methyl sites for hydroxylation is 1. The zero-order valence-electron chi connectivity index (χ0n) is 12.3. The standard InChI is InChI=1S/C17H18F3N/c1-10(2)21-9-12-4-5-15(18)13(7-12)14-8-16(19)11(3)6-17(14)20/h4-8,10,21H,9H2,1-3H3. The fourth-order valence-electron chi connectivity index (χ4n) is 2.06. The predicted molar refractivity (Wildman–Crippen MR) is 78.5 cm³/mol. The zero-order chi connectivity index (χ0) is 15.6. The molecule has 0 aliphatic heterocycles. The van der Waals surface area contributed by atoms with Crippen LogP contribution in [0, 0.1) is 24.4 Å². The first-order chi connectivity index (χ1) is 9.88. The van der Waals surface area contributed by atoms with Gasteiger partial charge in [0.15, 0.2) is 0 Å². The summed E-state index contributed by atoms with van der Waals surface area (Å²) in [5.74, 6) is -1.73. The van der Waals surface area contributed by atoms with Crippen LogP contribution in [0.25, 0.3) is 11.1 Å². The molecule has 0 radical (unpaired) electrons. The van der Waals surface area contributed by atoms with Crippen molar-refractivity contribution in [1.82, 2.24) is 5.32 Å². The van der Waals surface area contributed by atoms with Crippen molar-refractivity contribution in [3.63, 3.8) is 0 Å². The average molecular weight is 293 g/mol. The molecule has 0 atom stereocenters. The highest BCUT2D eigenvalue weighted by molar-refractivity contribution is 5.66. The number of nitrogens with one attached hydrogen (secondary N) is 1. The van der Waals surface area contributed by atoms with Gasteiger partial charge in [0.2, 0.25) is 0 Å². The second kappa shape index (κ2) is 6.31. The lowest BCUT2D eigenvalue weighted by Gasteiger charge is -2.11. The Labute approximate surface area is 122 Å². The van der Waals surface area contributed by atoms with Gasteiger partial charge in [-0.05, 0) is 42.3 Å². The van der Waals surface area contributed by atoms with Crippen LogP contribution in [0.1, 0.15) is 25.0 Å². The van der Waals surface area contributed by atoms with E-state index in [9.17, 15) is 13.2 Å². The molecule has 0 aliphatic carbocycles. The van der Waals surface area contributed by atoms with Crippen LogP contribution in [-0.4, -0.2) is 6.04 Å². The maximum absolute atomic E-state index is 14.0. The van der Waals surface area contributed by atoms with Crippen LogP contribution in [-0.2, 0) is 6.54 Å². The second-order valence-corrected chi connectivity index (χ2v) is 5.43. The van der Waals surface area contributed by atoms with Crippen LogP contribution in [0.3, 0.4) is 0 Å². The Hall–Kier alpha value is -1.81. The predicted octanol–water partition coefficient (Wildman–Crippen LogP) is 4.58. The zero-order valence-corrected chi connectivity index (χ0v) is 12.3. The third-order valence-corrected chi connectivity index (χ3v) is 3.28. The van der Waals surface area contributed by atoms with Gasteiger partial charge in [-0.2, -0.15) is 0 Å². The van der Waals surface area contributed by atoms with E-state index in [1.165, 1.54) is 13.0 Å². The summed E-state index contributed by atoms with van der Waals surface area (Å²) in [5, 5.41) is 3.20. The van der Waals surface area contributed by atoms with E-state index >= 15 is 0 Å². The molecule has 4 heteroatoms. The lowest BCUT2D eigenvalue weighted by atomic mass is 10.00. The molecule has 21 heavy (non-hydrogen) atoms. The summed E-state index contributed by atoms with van der Waals surface area (Å²) in [4.78, 5) is 0. The first kappa shape index (κ1) is 15.6. The molecule has 0 amide bonds. The Kier molecular flexibility index (Phi) is 4.68. The van der Waals surface area contributed by atoms with Crippen molar-refractivity contribution >= 4 is 0 Å². The number of hydrogen-bond donors (Lipinski definition) is 1. The van der Waals surface area contributed by atoms with Gasteiger partial charge in [-0.25, -0.2) is 13.2 Å². The number of rotatable bonds is 4. The van der Waals surface area contributed by atoms with Crippen molar-refractivity contribution in [2.24, 2.45) is 0 Å². The third-order valence-electron chi connectivity index (χ3n) is 3.28. The van der Waals surface area contributed by atoms with E-state index in [-0.39, 0.29) is 22.7 Å². The normalized spacial score (nSPS) is 11.2. The highest BCUT2D eigenvalue weighted by Gasteiger charge is 2.14. The molecule has 0 bridgehead atoms. The maximum Gasteiger partial charge on any atom is 0.131 e. The molecule has 2 rings (SSSR count). The van der Waals surface area contributed by atoms with E-state index in [0.29, 0.717) is 6.54 Å². The molecular weight excluding hydrogens is 275 g/mol. The molecule has 0 fully saturated rings. The van der Waals surface area contributed by atoms with Crippen molar-refractivity contribution in [3.8, 4) is 11.1 Å². The summed E-state index contributed by atoms with van der Waals surface area (Å²) >= 11 is 0. The fourth-order valence-corrected chi connectivity index (χ4v) is 2.06. The Bertz CT molecular complexity index is 651. The smallest absolute Gasteiger partial charge is 0.131 e. The van der Waals surface area contributed by atoms with Crippen molar-refractivity contribution in [2.45, 2.75) is 33.4 Å². The van der Waals surface area contributed by atoms with Crippen LogP contribution in [0.4, 0.5) is 13.2 Å². The minimum Gasteiger partial charge on any atom is -0.310 e. The highest BCUT2D eigenvalue weighted by Crippen LogP contribution is 2.28. The van der Waals surface area contributed by atoms with Gasteiger partial charge in [-0.15, -0.1) is 0 Å². The Morgan fingerprint density at radius 1 is 0.905 bits per heavy atom. The van der Waals surface area contributed by atoms with Crippen LogP contribution >= 0.6 is 0 Å². The van der Waals surface area contributed by atoms with Gasteiger partial charge < -0.3 is 5.32 Å². The van der Waals surface area contributed by atoms with Gasteiger partial charge in [0.05, 0.1) is 0 Å². The largest absolute Gasteiger partial charge is 0.310 e. The number of benzene rings is 2. The van der Waals surface area contributed by atoms with E-state index in [4.69, 9.17) is 0 Å². The summed E-state index contributed by atoms with van der Waals surface area (Å²) in [7, 11) is 0. The Morgan fingerprint density at radius 2 is 1.57 bits per heavy atom. The van der Waals surface area contributed by atoms with Crippen LogP contribution < -0.4 is 5.32 Å². The highest BCUT2D eigenvalue weighted by atomic mass is 19.1. The van der Waals surface area contributed by atoms with Gasteiger partial charge in [0, 0.05) is 23.7 Å². The lowest BCUT2D eigenvalue weighted by molar-refractivity contribution is 0.584. The first-order valence-corrected chi connectivity index (χ1v) is 6.86. The van der Waals surface area contributed by atoms with E-state index < -0.39 is 17.5 Å². The van der Waals surface area contributed by atoms with Crippen LogP contribution in [0.15, 0.2) is 30.3 Å². The fraction of sp³-hybridized carbons (Fsp3) is 0.294. The van der Waals surface area contributed by atoms with Gasteiger partial charge in [-0.3, -0.25) is 0 Å². The maximum atomic E-state index is 14.0. The Morgan fingerprint density at radius 3 is 2.24 bits per heavy atom. The van der Waals surface area contributed by atoms with E-state index in [1.54, 1.807) is 12.1 Å². The quantitative estimate of drug-likeness (QED) is 0.870. The molecule has 1 nitrogen and oxygen atoms in total. The SMILES string of the molecule is Cc1cc(F)c(-c2cc(CNC(C)C)ccc2F)cc1F. The summed E-state index contributed by atoms with van der Waals surface area (Å²) < 4.78 is 41.6. The van der Waals surface area contributed by atoms with Gasteiger partial charge >= 0.3 is 0 Å². The van der Waals surface area contributed by atoms with Crippen molar-refractivity contribution in [2.75, 3.05) is 0 Å². The van der Waals surface area contributed by atoms with Crippen molar-refractivity contribution < 1.29 is 13.2 Å². The molecule has 1 N–H and O–H groups in total. The van der Waals surface area contributed by atoms with E-state index in [2.05, 4.69) is 5.32 Å². The minimum absolute atomic E-state index is 0.0537. The summed E-state index contributed by atoms with van der Waals surface area (Å²) in [6.07, 6.45) is 0. The van der Waals surface area contributed by atoms with Crippen LogP contribution in [0.5, 0.6) is 0 Å². The third kappa shape index (κ3) is 3.64. The minimum atomic E-state index is -0.623. The molecule has 0 spiro atoms. The topological polar surface area (TPSA) is 12.0 Å². The van der Waals surface area contributed by atoms with E-state index in [0.717, 1.165) is 17.7 Å².